The Hall–Kier alpha value is -3.02. The molecule has 7 rings (SSSR count). The second-order valence-electron chi connectivity index (χ2n) is 11.4. The molecule has 0 aromatic carbocycles. The first-order chi connectivity index (χ1) is 18.0. The number of amides is 1. The monoisotopic (exact) mass is 534 g/mol. The van der Waals surface area contributed by atoms with Crippen LogP contribution in [0.5, 0.6) is 0 Å². The molecule has 2 N–H and O–H groups in total. The molecule has 204 valence electrons. The molecule has 1 aliphatic heterocycles. The van der Waals surface area contributed by atoms with Gasteiger partial charge in [0.05, 0.1) is 17.5 Å². The Bertz CT molecular complexity index is 1230. The fourth-order valence-electron chi connectivity index (χ4n) is 7.47. The van der Waals surface area contributed by atoms with Gasteiger partial charge in [0.15, 0.2) is 5.82 Å². The van der Waals surface area contributed by atoms with Gasteiger partial charge in [0.1, 0.15) is 11.3 Å². The molecule has 2 aromatic rings. The van der Waals surface area contributed by atoms with Gasteiger partial charge < -0.3 is 20.2 Å². The van der Waals surface area contributed by atoms with E-state index in [1.54, 1.807) is 13.0 Å². The van der Waals surface area contributed by atoms with E-state index in [1.165, 1.54) is 11.1 Å². The van der Waals surface area contributed by atoms with Crippen molar-refractivity contribution < 1.29 is 27.5 Å². The maximum Gasteiger partial charge on any atom is 0.419 e. The number of hydrogen-bond acceptors (Lipinski definition) is 7. The van der Waals surface area contributed by atoms with Gasteiger partial charge in [-0.05, 0) is 62.8 Å². The molecule has 5 fully saturated rings. The summed E-state index contributed by atoms with van der Waals surface area (Å²) >= 11 is 0. The summed E-state index contributed by atoms with van der Waals surface area (Å²) in [5.41, 5.74) is -1.98. The van der Waals surface area contributed by atoms with Crippen LogP contribution in [0.15, 0.2) is 24.7 Å². The van der Waals surface area contributed by atoms with Crippen LogP contribution in [-0.2, 0) is 6.18 Å². The van der Waals surface area contributed by atoms with Gasteiger partial charge in [-0.25, -0.2) is 14.4 Å². The number of anilines is 2. The van der Waals surface area contributed by atoms with Gasteiger partial charge in [-0.15, -0.1) is 0 Å². The Balaban J connectivity index is 1.15. The zero-order valence-electron chi connectivity index (χ0n) is 21.0. The molecule has 2 unspecified atom stereocenters. The first kappa shape index (κ1) is 25.3. The van der Waals surface area contributed by atoms with Gasteiger partial charge in [-0.2, -0.15) is 13.2 Å². The number of halogens is 4. The normalized spacial score (nSPS) is 32.5. The van der Waals surface area contributed by atoms with E-state index in [9.17, 15) is 27.5 Å². The highest BCUT2D eigenvalue weighted by Gasteiger charge is 2.55. The Kier molecular flexibility index (Phi) is 6.00. The average molecular weight is 535 g/mol. The summed E-state index contributed by atoms with van der Waals surface area (Å²) in [6.45, 7) is 2.27. The van der Waals surface area contributed by atoms with E-state index in [0.717, 1.165) is 38.3 Å². The van der Waals surface area contributed by atoms with Crippen LogP contribution in [0.4, 0.5) is 29.2 Å². The van der Waals surface area contributed by atoms with Crippen LogP contribution in [0.2, 0.25) is 0 Å². The molecule has 1 amide bonds. The van der Waals surface area contributed by atoms with Gasteiger partial charge in [0, 0.05) is 44.1 Å². The number of rotatable bonds is 4. The lowest BCUT2D eigenvalue weighted by Gasteiger charge is -2.58. The molecule has 3 atom stereocenters. The summed E-state index contributed by atoms with van der Waals surface area (Å²) in [5, 5.41) is 14.0. The number of carbonyl (C=O) groups excluding carboxylic acids is 1. The van der Waals surface area contributed by atoms with Crippen molar-refractivity contribution in [1.29, 1.82) is 0 Å². The van der Waals surface area contributed by atoms with E-state index in [0.29, 0.717) is 18.1 Å². The highest BCUT2D eigenvalue weighted by Crippen LogP contribution is 2.55. The lowest BCUT2D eigenvalue weighted by atomic mass is 9.52. The van der Waals surface area contributed by atoms with E-state index in [-0.39, 0.29) is 55.2 Å². The van der Waals surface area contributed by atoms with E-state index >= 15 is 0 Å². The minimum atomic E-state index is -4.73. The van der Waals surface area contributed by atoms with Crippen LogP contribution in [-0.4, -0.2) is 63.3 Å². The van der Waals surface area contributed by atoms with Crippen LogP contribution in [0.3, 0.4) is 0 Å². The Morgan fingerprint density at radius 1 is 1.16 bits per heavy atom. The molecule has 1 saturated heterocycles. The third kappa shape index (κ3) is 4.46. The van der Waals surface area contributed by atoms with E-state index in [1.807, 2.05) is 4.90 Å². The van der Waals surface area contributed by atoms with Gasteiger partial charge in [-0.3, -0.25) is 9.78 Å². The quantitative estimate of drug-likeness (QED) is 0.581. The van der Waals surface area contributed by atoms with Crippen LogP contribution < -0.4 is 15.1 Å². The highest BCUT2D eigenvalue weighted by molar-refractivity contribution is 5.92. The number of alkyl halides is 3. The molecule has 5 aliphatic rings. The van der Waals surface area contributed by atoms with Crippen molar-refractivity contribution >= 4 is 17.5 Å². The standard InChI is InChI=1S/C26H30F4N6O2/c1-14-13-35(22-18(26(28,29)30)11-31-12-19(22)27)4-5-36(14)24-32-3-2-20(33-24)23(37)34-21-16-6-15-7-17(21)10-25(38,8-15)9-16/h2-3,11-12,14-17,21,38H,4-10,13H2,1H3,(H,34,37)/t14-,15?,16?,17?,21-,25-/m1/s1. The second-order valence-corrected chi connectivity index (χ2v) is 11.4. The zero-order chi connectivity index (χ0) is 26.8. The molecule has 38 heavy (non-hydrogen) atoms. The van der Waals surface area contributed by atoms with Crippen molar-refractivity contribution in [3.8, 4) is 0 Å². The summed E-state index contributed by atoms with van der Waals surface area (Å²) in [6, 6.07) is 1.21. The molecule has 0 spiro atoms. The Morgan fingerprint density at radius 3 is 2.55 bits per heavy atom. The molecule has 12 heteroatoms. The summed E-state index contributed by atoms with van der Waals surface area (Å²) in [6.07, 6.45) is 2.55. The van der Waals surface area contributed by atoms with Crippen molar-refractivity contribution in [2.45, 2.75) is 62.9 Å². The predicted molar refractivity (Wildman–Crippen MR) is 130 cm³/mol. The van der Waals surface area contributed by atoms with Gasteiger partial charge >= 0.3 is 6.18 Å². The Morgan fingerprint density at radius 2 is 1.89 bits per heavy atom. The highest BCUT2D eigenvalue weighted by atomic mass is 19.4. The zero-order valence-corrected chi connectivity index (χ0v) is 21.0. The summed E-state index contributed by atoms with van der Waals surface area (Å²) in [4.78, 5) is 28.6. The summed E-state index contributed by atoms with van der Waals surface area (Å²) in [7, 11) is 0. The van der Waals surface area contributed by atoms with Crippen LogP contribution in [0, 0.1) is 23.6 Å². The number of hydrogen-bond donors (Lipinski definition) is 2. The molecule has 8 nitrogen and oxygen atoms in total. The molecule has 2 aromatic heterocycles. The molecule has 3 heterocycles. The smallest absolute Gasteiger partial charge is 0.390 e. The SMILES string of the molecule is C[C@@H]1CN(c2c(F)cncc2C(F)(F)F)CCN1c1nccc(C(=O)N[C@H]2C3CC4CC2C[C@](O)(C4)C3)n1. The fourth-order valence-corrected chi connectivity index (χ4v) is 7.47. The number of aliphatic hydroxyl groups is 1. The number of nitrogens with zero attached hydrogens (tertiary/aromatic N) is 5. The first-order valence-corrected chi connectivity index (χ1v) is 13.1. The number of pyridine rings is 1. The van der Waals surface area contributed by atoms with Crippen molar-refractivity contribution in [3.63, 3.8) is 0 Å². The maximum atomic E-state index is 14.5. The molecule has 4 saturated carbocycles. The maximum absolute atomic E-state index is 14.5. The third-order valence-electron chi connectivity index (χ3n) is 8.79. The van der Waals surface area contributed by atoms with Crippen molar-refractivity contribution in [2.75, 3.05) is 29.4 Å². The summed E-state index contributed by atoms with van der Waals surface area (Å²) in [5.74, 6) is 0.0460. The number of piperazine rings is 1. The fraction of sp³-hybridized carbons (Fsp3) is 0.615. The largest absolute Gasteiger partial charge is 0.419 e. The van der Waals surface area contributed by atoms with E-state index in [2.05, 4.69) is 20.3 Å². The van der Waals surface area contributed by atoms with Gasteiger partial charge in [-0.1, -0.05) is 0 Å². The average Bonchev–Trinajstić information content (AvgIpc) is 2.84. The second kappa shape index (κ2) is 9.03. The number of nitrogens with one attached hydrogen (secondary N) is 1. The van der Waals surface area contributed by atoms with Crippen LogP contribution >= 0.6 is 0 Å². The van der Waals surface area contributed by atoms with Gasteiger partial charge in [0.25, 0.3) is 5.91 Å². The number of aromatic nitrogens is 3. The molecular formula is C26H30F4N6O2. The topological polar surface area (TPSA) is 94.5 Å². The van der Waals surface area contributed by atoms with Crippen LogP contribution in [0.25, 0.3) is 0 Å². The minimum Gasteiger partial charge on any atom is -0.390 e. The molecule has 4 bridgehead atoms. The Labute approximate surface area is 217 Å². The lowest BCUT2D eigenvalue weighted by Crippen LogP contribution is -2.61. The van der Waals surface area contributed by atoms with Crippen LogP contribution in [0.1, 0.15) is 55.1 Å². The van der Waals surface area contributed by atoms with Crippen molar-refractivity contribution in [2.24, 2.45) is 17.8 Å². The lowest BCUT2D eigenvalue weighted by molar-refractivity contribution is -0.137. The van der Waals surface area contributed by atoms with E-state index in [4.69, 9.17) is 0 Å². The summed E-state index contributed by atoms with van der Waals surface area (Å²) < 4.78 is 55.0. The molecular weight excluding hydrogens is 504 g/mol. The molecule has 0 radical (unpaired) electrons. The minimum absolute atomic E-state index is 0.0123. The predicted octanol–water partition coefficient (Wildman–Crippen LogP) is 3.41. The third-order valence-corrected chi connectivity index (χ3v) is 8.79. The first-order valence-electron chi connectivity index (χ1n) is 13.1. The van der Waals surface area contributed by atoms with E-state index < -0.39 is 28.8 Å². The molecule has 4 aliphatic carbocycles. The van der Waals surface area contributed by atoms with Crippen molar-refractivity contribution in [3.05, 3.63) is 41.7 Å². The van der Waals surface area contributed by atoms with Crippen molar-refractivity contribution in [1.82, 2.24) is 20.3 Å². The van der Waals surface area contributed by atoms with Gasteiger partial charge in [0.2, 0.25) is 5.95 Å². The number of carbonyl (C=O) groups is 1.